The van der Waals surface area contributed by atoms with Gasteiger partial charge in [0.15, 0.2) is 5.78 Å². The molecular formula is C15H30N2OS. The highest BCUT2D eigenvalue weighted by atomic mass is 32.2. The number of nitrogens with two attached hydrogens (primary N) is 1. The van der Waals surface area contributed by atoms with Crippen molar-refractivity contribution < 1.29 is 4.79 Å². The molecule has 0 saturated heterocycles. The lowest BCUT2D eigenvalue weighted by Gasteiger charge is -2.32. The zero-order valence-electron chi connectivity index (χ0n) is 12.9. The molecule has 0 aliphatic carbocycles. The van der Waals surface area contributed by atoms with E-state index in [-0.39, 0.29) is 12.3 Å². The molecule has 0 amide bonds. The van der Waals surface area contributed by atoms with Crippen molar-refractivity contribution in [3.63, 3.8) is 0 Å². The van der Waals surface area contributed by atoms with E-state index < -0.39 is 5.54 Å². The van der Waals surface area contributed by atoms with Crippen LogP contribution in [0.25, 0.3) is 0 Å². The van der Waals surface area contributed by atoms with Gasteiger partial charge in [0.25, 0.3) is 0 Å². The fourth-order valence-corrected chi connectivity index (χ4v) is 3.04. The van der Waals surface area contributed by atoms with Gasteiger partial charge in [-0.25, -0.2) is 0 Å². The van der Waals surface area contributed by atoms with Crippen molar-refractivity contribution in [2.24, 2.45) is 11.7 Å². The Morgan fingerprint density at radius 2 is 2.05 bits per heavy atom. The van der Waals surface area contributed by atoms with Crippen LogP contribution in [0.4, 0.5) is 0 Å². The van der Waals surface area contributed by atoms with Gasteiger partial charge in [-0.05, 0) is 38.0 Å². The van der Waals surface area contributed by atoms with E-state index in [9.17, 15) is 4.79 Å². The molecule has 0 aliphatic rings. The molecule has 0 rings (SSSR count). The average molecular weight is 286 g/mol. The highest BCUT2D eigenvalue weighted by Gasteiger charge is 2.33. The molecule has 0 aromatic heterocycles. The zero-order chi connectivity index (χ0) is 14.9. The van der Waals surface area contributed by atoms with Gasteiger partial charge in [-0.3, -0.25) is 4.79 Å². The maximum atomic E-state index is 12.0. The van der Waals surface area contributed by atoms with Gasteiger partial charge in [0.1, 0.15) is 0 Å². The third kappa shape index (κ3) is 5.67. The van der Waals surface area contributed by atoms with Crippen LogP contribution in [0.2, 0.25) is 0 Å². The van der Waals surface area contributed by atoms with E-state index >= 15 is 0 Å². The quantitative estimate of drug-likeness (QED) is 0.573. The van der Waals surface area contributed by atoms with Crippen LogP contribution in [0.5, 0.6) is 0 Å². The molecule has 3 nitrogen and oxygen atoms in total. The summed E-state index contributed by atoms with van der Waals surface area (Å²) >= 11 is 1.82. The first-order valence-corrected chi connectivity index (χ1v) is 8.42. The van der Waals surface area contributed by atoms with Gasteiger partial charge in [0.05, 0.1) is 12.1 Å². The SMILES string of the molecule is C=CC(CC(C)CNC(CC)(CC)C(=O)CN)SC. The van der Waals surface area contributed by atoms with Crippen LogP contribution in [0, 0.1) is 5.92 Å². The lowest BCUT2D eigenvalue weighted by Crippen LogP contribution is -2.54. The molecule has 2 atom stereocenters. The van der Waals surface area contributed by atoms with E-state index in [1.165, 1.54) is 0 Å². The molecule has 0 fully saturated rings. The number of carbonyl (C=O) groups excluding carboxylic acids is 1. The number of hydrogen-bond acceptors (Lipinski definition) is 4. The molecule has 0 aromatic carbocycles. The lowest BCUT2D eigenvalue weighted by atomic mass is 9.87. The maximum Gasteiger partial charge on any atom is 0.166 e. The van der Waals surface area contributed by atoms with Crippen LogP contribution in [0.3, 0.4) is 0 Å². The summed E-state index contributed by atoms with van der Waals surface area (Å²) in [6.45, 7) is 11.1. The molecule has 0 bridgehead atoms. The van der Waals surface area contributed by atoms with Crippen LogP contribution in [0.1, 0.15) is 40.0 Å². The van der Waals surface area contributed by atoms with Crippen molar-refractivity contribution in [3.05, 3.63) is 12.7 Å². The van der Waals surface area contributed by atoms with Gasteiger partial charge in [0.2, 0.25) is 0 Å². The molecule has 3 N–H and O–H groups in total. The molecule has 112 valence electrons. The Morgan fingerprint density at radius 1 is 1.47 bits per heavy atom. The number of Topliss-reactive ketones (excluding diaryl/α,β-unsaturated/α-hetero) is 1. The largest absolute Gasteiger partial charge is 0.324 e. The van der Waals surface area contributed by atoms with E-state index in [1.807, 2.05) is 31.7 Å². The van der Waals surface area contributed by atoms with Crippen LogP contribution in [-0.2, 0) is 4.79 Å². The second-order valence-corrected chi connectivity index (χ2v) is 6.23. The monoisotopic (exact) mass is 286 g/mol. The summed E-state index contributed by atoms with van der Waals surface area (Å²) in [5.74, 6) is 0.633. The second kappa shape index (κ2) is 9.56. The van der Waals surface area contributed by atoms with Gasteiger partial charge >= 0.3 is 0 Å². The fraction of sp³-hybridized carbons (Fsp3) is 0.800. The van der Waals surface area contributed by atoms with E-state index in [0.29, 0.717) is 11.2 Å². The topological polar surface area (TPSA) is 55.1 Å². The highest BCUT2D eigenvalue weighted by Crippen LogP contribution is 2.20. The summed E-state index contributed by atoms with van der Waals surface area (Å²) in [4.78, 5) is 12.0. The van der Waals surface area contributed by atoms with Crippen LogP contribution in [0.15, 0.2) is 12.7 Å². The van der Waals surface area contributed by atoms with Crippen molar-refractivity contribution in [1.82, 2.24) is 5.32 Å². The summed E-state index contributed by atoms with van der Waals surface area (Å²) in [7, 11) is 0. The Kier molecular flexibility index (Phi) is 9.40. The van der Waals surface area contributed by atoms with E-state index in [0.717, 1.165) is 25.8 Å². The van der Waals surface area contributed by atoms with Crippen molar-refractivity contribution in [3.8, 4) is 0 Å². The summed E-state index contributed by atoms with van der Waals surface area (Å²) in [5.41, 5.74) is 5.09. The van der Waals surface area contributed by atoms with Crippen LogP contribution < -0.4 is 11.1 Å². The normalized spacial score (nSPS) is 15.0. The minimum atomic E-state index is -0.438. The number of ketones is 1. The van der Waals surface area contributed by atoms with Gasteiger partial charge in [0, 0.05) is 5.25 Å². The predicted octanol–water partition coefficient (Wildman–Crippen LogP) is 2.61. The molecule has 0 aromatic rings. The Labute approximate surface area is 122 Å². The summed E-state index contributed by atoms with van der Waals surface area (Å²) in [6, 6.07) is 0. The minimum absolute atomic E-state index is 0.114. The molecule has 4 heteroatoms. The number of hydrogen-bond donors (Lipinski definition) is 2. The van der Waals surface area contributed by atoms with Crippen molar-refractivity contribution in [2.75, 3.05) is 19.3 Å². The first kappa shape index (κ1) is 18.7. The average Bonchev–Trinajstić information content (AvgIpc) is 2.45. The van der Waals surface area contributed by atoms with Crippen molar-refractivity contribution in [2.45, 2.75) is 50.8 Å². The highest BCUT2D eigenvalue weighted by molar-refractivity contribution is 7.99. The standard InChI is InChI=1S/C15H30N2OS/c1-6-13(19-5)9-12(4)11-17-15(7-2,8-3)14(18)10-16/h6,12-13,17H,1,7-11,16H2,2-5H3. The summed E-state index contributed by atoms with van der Waals surface area (Å²) in [6.07, 6.45) is 6.77. The zero-order valence-corrected chi connectivity index (χ0v) is 13.7. The van der Waals surface area contributed by atoms with Gasteiger partial charge in [-0.1, -0.05) is 26.8 Å². The van der Waals surface area contributed by atoms with E-state index in [1.54, 1.807) is 0 Å². The molecule has 2 unspecified atom stereocenters. The van der Waals surface area contributed by atoms with Crippen LogP contribution >= 0.6 is 11.8 Å². The predicted molar refractivity (Wildman–Crippen MR) is 86.7 cm³/mol. The third-order valence-electron chi connectivity index (χ3n) is 3.92. The number of rotatable bonds is 11. The lowest BCUT2D eigenvalue weighted by molar-refractivity contribution is -0.124. The second-order valence-electron chi connectivity index (χ2n) is 5.15. The summed E-state index contributed by atoms with van der Waals surface area (Å²) in [5, 5.41) is 3.95. The van der Waals surface area contributed by atoms with Gasteiger partial charge in [-0.2, -0.15) is 11.8 Å². The molecule has 0 heterocycles. The fourth-order valence-electron chi connectivity index (χ4n) is 2.33. The maximum absolute atomic E-state index is 12.0. The number of nitrogens with one attached hydrogen (secondary N) is 1. The van der Waals surface area contributed by atoms with Gasteiger partial charge in [-0.15, -0.1) is 6.58 Å². The molecular weight excluding hydrogens is 256 g/mol. The molecule has 0 aliphatic heterocycles. The first-order chi connectivity index (χ1) is 8.99. The number of thioether (sulfide) groups is 1. The number of carbonyl (C=O) groups is 1. The van der Waals surface area contributed by atoms with Gasteiger partial charge < -0.3 is 11.1 Å². The van der Waals surface area contributed by atoms with Crippen LogP contribution in [-0.4, -0.2) is 35.9 Å². The smallest absolute Gasteiger partial charge is 0.166 e. The summed E-state index contributed by atoms with van der Waals surface area (Å²) < 4.78 is 0. The Hall–Kier alpha value is -0.320. The molecule has 0 spiro atoms. The van der Waals surface area contributed by atoms with E-state index in [4.69, 9.17) is 5.73 Å². The molecule has 19 heavy (non-hydrogen) atoms. The minimum Gasteiger partial charge on any atom is -0.324 e. The Balaban J connectivity index is 4.47. The van der Waals surface area contributed by atoms with Crippen molar-refractivity contribution in [1.29, 1.82) is 0 Å². The Bertz CT molecular complexity index is 277. The third-order valence-corrected chi connectivity index (χ3v) is 4.91. The van der Waals surface area contributed by atoms with E-state index in [2.05, 4.69) is 25.1 Å². The first-order valence-electron chi connectivity index (χ1n) is 7.13. The Morgan fingerprint density at radius 3 is 2.42 bits per heavy atom. The molecule has 0 radical (unpaired) electrons. The molecule has 0 saturated carbocycles. The van der Waals surface area contributed by atoms with Crippen molar-refractivity contribution >= 4 is 17.5 Å².